The maximum absolute atomic E-state index is 11.1. The maximum Gasteiger partial charge on any atom is 0.335 e. The predicted molar refractivity (Wildman–Crippen MR) is 95.8 cm³/mol. The molecule has 0 radical (unpaired) electrons. The number of aryl methyl sites for hydroxylation is 2. The van der Waals surface area contributed by atoms with Gasteiger partial charge in [-0.05, 0) is 31.5 Å². The highest BCUT2D eigenvalue weighted by Crippen LogP contribution is 2.20. The molecular formula is C17H17N5O2S. The zero-order valence-corrected chi connectivity index (χ0v) is 14.7. The first-order valence-corrected chi connectivity index (χ1v) is 8.60. The number of carboxylic acids is 1. The number of aromatic carboxylic acids is 1. The molecule has 0 fully saturated rings. The Balaban J connectivity index is 1.80. The van der Waals surface area contributed by atoms with E-state index in [2.05, 4.69) is 32.2 Å². The Morgan fingerprint density at radius 3 is 2.76 bits per heavy atom. The second-order valence-corrected chi connectivity index (χ2v) is 6.60. The SMILES string of the molecule is CCc1nc(C)sc1CNc1nccc(-c2cc(C(=O)O)ccn2)n1. The van der Waals surface area contributed by atoms with Crippen LogP contribution in [0, 0.1) is 6.92 Å². The molecule has 2 N–H and O–H groups in total. The van der Waals surface area contributed by atoms with Crippen LogP contribution in [0.15, 0.2) is 30.6 Å². The largest absolute Gasteiger partial charge is 0.478 e. The van der Waals surface area contributed by atoms with Crippen molar-refractivity contribution in [3.8, 4) is 11.4 Å². The molecule has 0 unspecified atom stereocenters. The van der Waals surface area contributed by atoms with Crippen molar-refractivity contribution in [3.63, 3.8) is 0 Å². The molecule has 0 spiro atoms. The molecule has 0 saturated carbocycles. The summed E-state index contributed by atoms with van der Waals surface area (Å²) in [5.41, 5.74) is 2.32. The van der Waals surface area contributed by atoms with Gasteiger partial charge >= 0.3 is 5.97 Å². The molecular weight excluding hydrogens is 338 g/mol. The van der Waals surface area contributed by atoms with Crippen LogP contribution in [-0.2, 0) is 13.0 Å². The first-order valence-electron chi connectivity index (χ1n) is 7.78. The molecule has 0 amide bonds. The van der Waals surface area contributed by atoms with Crippen molar-refractivity contribution in [1.82, 2.24) is 19.9 Å². The van der Waals surface area contributed by atoms with Crippen LogP contribution in [-0.4, -0.2) is 31.0 Å². The molecule has 0 saturated heterocycles. The van der Waals surface area contributed by atoms with Gasteiger partial charge in [-0.1, -0.05) is 6.92 Å². The number of rotatable bonds is 6. The van der Waals surface area contributed by atoms with Crippen LogP contribution in [0.4, 0.5) is 5.95 Å². The minimum Gasteiger partial charge on any atom is -0.478 e. The van der Waals surface area contributed by atoms with Crippen LogP contribution in [0.3, 0.4) is 0 Å². The Morgan fingerprint density at radius 1 is 1.20 bits per heavy atom. The highest BCUT2D eigenvalue weighted by molar-refractivity contribution is 7.11. The lowest BCUT2D eigenvalue weighted by Crippen LogP contribution is -2.05. The number of aromatic nitrogens is 4. The van der Waals surface area contributed by atoms with Gasteiger partial charge in [-0.2, -0.15) is 0 Å². The van der Waals surface area contributed by atoms with Gasteiger partial charge in [-0.25, -0.2) is 19.7 Å². The molecule has 0 aliphatic heterocycles. The van der Waals surface area contributed by atoms with Crippen molar-refractivity contribution >= 4 is 23.3 Å². The van der Waals surface area contributed by atoms with E-state index in [0.717, 1.165) is 17.1 Å². The minimum atomic E-state index is -0.997. The van der Waals surface area contributed by atoms with Crippen molar-refractivity contribution in [2.45, 2.75) is 26.8 Å². The summed E-state index contributed by atoms with van der Waals surface area (Å²) in [6, 6.07) is 4.65. The molecule has 0 atom stereocenters. The Labute approximate surface area is 148 Å². The van der Waals surface area contributed by atoms with E-state index in [1.54, 1.807) is 23.6 Å². The van der Waals surface area contributed by atoms with Gasteiger partial charge < -0.3 is 10.4 Å². The molecule has 0 aromatic carbocycles. The van der Waals surface area contributed by atoms with Crippen molar-refractivity contribution in [2.24, 2.45) is 0 Å². The number of nitrogens with zero attached hydrogens (tertiary/aromatic N) is 4. The van der Waals surface area contributed by atoms with Gasteiger partial charge in [0.25, 0.3) is 0 Å². The lowest BCUT2D eigenvalue weighted by molar-refractivity contribution is 0.0697. The molecule has 7 nitrogen and oxygen atoms in total. The van der Waals surface area contributed by atoms with E-state index < -0.39 is 5.97 Å². The third-order valence-electron chi connectivity index (χ3n) is 3.55. The second-order valence-electron chi connectivity index (χ2n) is 5.31. The van der Waals surface area contributed by atoms with E-state index in [0.29, 0.717) is 23.9 Å². The quantitative estimate of drug-likeness (QED) is 0.700. The summed E-state index contributed by atoms with van der Waals surface area (Å²) in [5.74, 6) is -0.531. The monoisotopic (exact) mass is 355 g/mol. The number of thiazole rings is 1. The molecule has 0 aliphatic carbocycles. The van der Waals surface area contributed by atoms with Crippen LogP contribution in [0.5, 0.6) is 0 Å². The standard InChI is InChI=1S/C17H17N5O2S/c1-3-12-15(25-10(2)21-12)9-20-17-19-7-5-13(22-17)14-8-11(16(23)24)4-6-18-14/h4-8H,3,9H2,1-2H3,(H,23,24)(H,19,20,22). The average molecular weight is 355 g/mol. The smallest absolute Gasteiger partial charge is 0.335 e. The number of anilines is 1. The minimum absolute atomic E-state index is 0.172. The Hall–Kier alpha value is -2.87. The summed E-state index contributed by atoms with van der Waals surface area (Å²) >= 11 is 1.66. The molecule has 3 rings (SSSR count). The fourth-order valence-corrected chi connectivity index (χ4v) is 3.34. The summed E-state index contributed by atoms with van der Waals surface area (Å²) in [6.45, 7) is 4.67. The lowest BCUT2D eigenvalue weighted by atomic mass is 10.2. The number of carboxylic acid groups (broad SMARTS) is 1. The van der Waals surface area contributed by atoms with Crippen LogP contribution in [0.25, 0.3) is 11.4 Å². The zero-order valence-electron chi connectivity index (χ0n) is 13.9. The van der Waals surface area contributed by atoms with Gasteiger partial charge in [0.2, 0.25) is 5.95 Å². The Kier molecular flexibility index (Phi) is 4.99. The topological polar surface area (TPSA) is 101 Å². The first kappa shape index (κ1) is 17.0. The first-order chi connectivity index (χ1) is 12.1. The fourth-order valence-electron chi connectivity index (χ4n) is 2.38. The number of nitrogens with one attached hydrogen (secondary N) is 1. The van der Waals surface area contributed by atoms with E-state index in [1.165, 1.54) is 23.2 Å². The van der Waals surface area contributed by atoms with Crippen molar-refractivity contribution in [3.05, 3.63) is 51.7 Å². The van der Waals surface area contributed by atoms with E-state index in [4.69, 9.17) is 5.11 Å². The van der Waals surface area contributed by atoms with Crippen molar-refractivity contribution < 1.29 is 9.90 Å². The maximum atomic E-state index is 11.1. The summed E-state index contributed by atoms with van der Waals surface area (Å²) < 4.78 is 0. The Bertz CT molecular complexity index is 910. The normalized spacial score (nSPS) is 10.6. The van der Waals surface area contributed by atoms with Crippen LogP contribution in [0.2, 0.25) is 0 Å². The van der Waals surface area contributed by atoms with Crippen molar-refractivity contribution in [2.75, 3.05) is 5.32 Å². The molecule has 128 valence electrons. The highest BCUT2D eigenvalue weighted by Gasteiger charge is 2.10. The van der Waals surface area contributed by atoms with Gasteiger partial charge in [0, 0.05) is 17.3 Å². The van der Waals surface area contributed by atoms with Crippen molar-refractivity contribution in [1.29, 1.82) is 0 Å². The fraction of sp³-hybridized carbons (Fsp3) is 0.235. The molecule has 3 heterocycles. The number of pyridine rings is 1. The van der Waals surface area contributed by atoms with E-state index >= 15 is 0 Å². The molecule has 8 heteroatoms. The van der Waals surface area contributed by atoms with Crippen LogP contribution < -0.4 is 5.32 Å². The van der Waals surface area contributed by atoms with Gasteiger partial charge in [-0.15, -0.1) is 11.3 Å². The number of carbonyl (C=O) groups is 1. The van der Waals surface area contributed by atoms with Gasteiger partial charge in [0.1, 0.15) is 0 Å². The number of hydrogen-bond acceptors (Lipinski definition) is 7. The van der Waals surface area contributed by atoms with Gasteiger partial charge in [0.15, 0.2) is 0 Å². The number of hydrogen-bond donors (Lipinski definition) is 2. The summed E-state index contributed by atoms with van der Waals surface area (Å²) in [5, 5.41) is 13.3. The molecule has 0 aliphatic rings. The highest BCUT2D eigenvalue weighted by atomic mass is 32.1. The van der Waals surface area contributed by atoms with Gasteiger partial charge in [-0.3, -0.25) is 4.98 Å². The lowest BCUT2D eigenvalue weighted by Gasteiger charge is -2.06. The third kappa shape index (κ3) is 3.97. The van der Waals surface area contributed by atoms with E-state index in [9.17, 15) is 4.79 Å². The molecule has 3 aromatic rings. The Morgan fingerprint density at radius 2 is 2.00 bits per heavy atom. The van der Waals surface area contributed by atoms with Crippen LogP contribution in [0.1, 0.15) is 32.9 Å². The average Bonchev–Trinajstić information content (AvgIpc) is 3.00. The molecule has 25 heavy (non-hydrogen) atoms. The summed E-state index contributed by atoms with van der Waals surface area (Å²) in [6.07, 6.45) is 3.97. The predicted octanol–water partition coefficient (Wildman–Crippen LogP) is 3.18. The third-order valence-corrected chi connectivity index (χ3v) is 4.57. The van der Waals surface area contributed by atoms with E-state index in [1.807, 2.05) is 6.92 Å². The summed E-state index contributed by atoms with van der Waals surface area (Å²) in [7, 11) is 0. The van der Waals surface area contributed by atoms with Gasteiger partial charge in [0.05, 0.1) is 34.2 Å². The zero-order chi connectivity index (χ0) is 17.8. The summed E-state index contributed by atoms with van der Waals surface area (Å²) in [4.78, 5) is 29.6. The molecule has 0 bridgehead atoms. The van der Waals surface area contributed by atoms with Crippen LogP contribution >= 0.6 is 11.3 Å². The second kappa shape index (κ2) is 7.35. The molecule has 3 aromatic heterocycles. The van der Waals surface area contributed by atoms with E-state index in [-0.39, 0.29) is 5.56 Å².